The van der Waals surface area contributed by atoms with Crippen LogP contribution in [0.3, 0.4) is 0 Å². The number of benzene rings is 3. The minimum Gasteiger partial charge on any atom is -0.486 e. The quantitative estimate of drug-likeness (QED) is 0.485. The Kier molecular flexibility index (Phi) is 5.93. The smallest absolute Gasteiger partial charge is 0.338 e. The van der Waals surface area contributed by atoms with Crippen LogP contribution in [-0.2, 0) is 4.74 Å². The number of carbonyl (C=O) groups excluding carboxylic acids is 3. The number of fused-ring (bicyclic) bond motifs is 1. The van der Waals surface area contributed by atoms with E-state index in [0.717, 1.165) is 0 Å². The third-order valence-corrected chi connectivity index (χ3v) is 4.61. The molecule has 1 aliphatic heterocycles. The van der Waals surface area contributed by atoms with Gasteiger partial charge in [-0.3, -0.25) is 9.59 Å². The number of nitrogens with one attached hydrogen (secondary N) is 1. The van der Waals surface area contributed by atoms with E-state index in [1.54, 1.807) is 60.7 Å². The lowest BCUT2D eigenvalue weighted by Gasteiger charge is -2.18. The summed E-state index contributed by atoms with van der Waals surface area (Å²) in [4.78, 5) is 36.8. The van der Waals surface area contributed by atoms with Crippen LogP contribution in [0.2, 0.25) is 0 Å². The number of hydrogen-bond donors (Lipinski definition) is 1. The molecule has 0 saturated carbocycles. The standard InChI is InChI=1S/C24H19NO6/c26-20(15-31-24(28)18-8-11-21-22(14-18)30-13-12-29-21)16-6-9-19(10-7-16)25-23(27)17-4-2-1-3-5-17/h1-11,14H,12-13,15H2,(H,25,27). The summed E-state index contributed by atoms with van der Waals surface area (Å²) >= 11 is 0. The maximum atomic E-state index is 12.4. The van der Waals surface area contributed by atoms with Gasteiger partial charge in [0, 0.05) is 16.8 Å². The molecule has 0 radical (unpaired) electrons. The third-order valence-electron chi connectivity index (χ3n) is 4.61. The van der Waals surface area contributed by atoms with Gasteiger partial charge < -0.3 is 19.5 Å². The van der Waals surface area contributed by atoms with Gasteiger partial charge in [-0.05, 0) is 54.6 Å². The van der Waals surface area contributed by atoms with Crippen molar-refractivity contribution in [2.24, 2.45) is 0 Å². The number of Topliss-reactive ketones (excluding diaryl/α,β-unsaturated/α-hetero) is 1. The molecule has 0 unspecified atom stereocenters. The molecular weight excluding hydrogens is 398 g/mol. The van der Waals surface area contributed by atoms with E-state index in [1.165, 1.54) is 6.07 Å². The fourth-order valence-corrected chi connectivity index (χ4v) is 3.00. The lowest BCUT2D eigenvalue weighted by molar-refractivity contribution is 0.0474. The van der Waals surface area contributed by atoms with Crippen molar-refractivity contribution in [1.82, 2.24) is 0 Å². The zero-order valence-corrected chi connectivity index (χ0v) is 16.5. The number of rotatable bonds is 6. The van der Waals surface area contributed by atoms with E-state index in [4.69, 9.17) is 14.2 Å². The van der Waals surface area contributed by atoms with Crippen LogP contribution in [-0.4, -0.2) is 37.5 Å². The highest BCUT2D eigenvalue weighted by Crippen LogP contribution is 2.30. The van der Waals surface area contributed by atoms with Crippen molar-refractivity contribution in [1.29, 1.82) is 0 Å². The first-order valence-corrected chi connectivity index (χ1v) is 9.66. The first kappa shape index (κ1) is 20.2. The molecule has 7 nitrogen and oxygen atoms in total. The van der Waals surface area contributed by atoms with Crippen LogP contribution in [0.4, 0.5) is 5.69 Å². The largest absolute Gasteiger partial charge is 0.486 e. The van der Waals surface area contributed by atoms with E-state index in [1.807, 2.05) is 6.07 Å². The minimum absolute atomic E-state index is 0.243. The Hall–Kier alpha value is -4.13. The monoisotopic (exact) mass is 417 g/mol. The number of hydrogen-bond acceptors (Lipinski definition) is 6. The molecule has 0 bridgehead atoms. The van der Waals surface area contributed by atoms with E-state index in [0.29, 0.717) is 41.5 Å². The first-order chi connectivity index (χ1) is 15.1. The van der Waals surface area contributed by atoms with Crippen LogP contribution in [0.25, 0.3) is 0 Å². The predicted octanol–water partition coefficient (Wildman–Crippen LogP) is 3.75. The van der Waals surface area contributed by atoms with Gasteiger partial charge in [-0.15, -0.1) is 0 Å². The second-order valence-electron chi connectivity index (χ2n) is 6.76. The summed E-state index contributed by atoms with van der Waals surface area (Å²) in [7, 11) is 0. The fourth-order valence-electron chi connectivity index (χ4n) is 3.00. The lowest BCUT2D eigenvalue weighted by atomic mass is 10.1. The zero-order valence-electron chi connectivity index (χ0n) is 16.5. The molecule has 4 rings (SSSR count). The molecule has 1 N–H and O–H groups in total. The maximum Gasteiger partial charge on any atom is 0.338 e. The van der Waals surface area contributed by atoms with Crippen LogP contribution < -0.4 is 14.8 Å². The van der Waals surface area contributed by atoms with E-state index < -0.39 is 12.6 Å². The molecule has 0 fully saturated rings. The van der Waals surface area contributed by atoms with E-state index in [-0.39, 0.29) is 17.3 Å². The summed E-state index contributed by atoms with van der Waals surface area (Å²) in [5.41, 5.74) is 1.73. The Morgan fingerprint density at radius 2 is 1.45 bits per heavy atom. The van der Waals surface area contributed by atoms with E-state index in [2.05, 4.69) is 5.32 Å². The summed E-state index contributed by atoms with van der Waals surface area (Å²) in [6, 6.07) is 19.9. The van der Waals surface area contributed by atoms with Crippen LogP contribution in [0.1, 0.15) is 31.1 Å². The highest BCUT2D eigenvalue weighted by atomic mass is 16.6. The van der Waals surface area contributed by atoms with Gasteiger partial charge in [0.25, 0.3) is 5.91 Å². The van der Waals surface area contributed by atoms with Gasteiger partial charge >= 0.3 is 5.97 Å². The second kappa shape index (κ2) is 9.13. The van der Waals surface area contributed by atoms with Gasteiger partial charge in [0.15, 0.2) is 23.9 Å². The molecule has 3 aromatic carbocycles. The SMILES string of the molecule is O=C(COC(=O)c1ccc2c(c1)OCCO2)c1ccc(NC(=O)c2ccccc2)cc1. The number of amides is 1. The summed E-state index contributed by atoms with van der Waals surface area (Å²) in [5.74, 6) is -0.185. The van der Waals surface area contributed by atoms with Gasteiger partial charge in [-0.25, -0.2) is 4.79 Å². The summed E-state index contributed by atoms with van der Waals surface area (Å²) in [6.07, 6.45) is 0. The Labute approximate surface area is 178 Å². The molecule has 7 heteroatoms. The van der Waals surface area contributed by atoms with Crippen molar-refractivity contribution >= 4 is 23.3 Å². The maximum absolute atomic E-state index is 12.4. The number of ketones is 1. The van der Waals surface area contributed by atoms with Crippen LogP contribution in [0, 0.1) is 0 Å². The number of ether oxygens (including phenoxy) is 3. The van der Waals surface area contributed by atoms with Gasteiger partial charge in [-0.1, -0.05) is 18.2 Å². The van der Waals surface area contributed by atoms with Crippen molar-refractivity contribution in [3.63, 3.8) is 0 Å². The average Bonchev–Trinajstić information content (AvgIpc) is 2.83. The first-order valence-electron chi connectivity index (χ1n) is 9.66. The normalized spacial score (nSPS) is 12.0. The third kappa shape index (κ3) is 4.90. The lowest BCUT2D eigenvalue weighted by Crippen LogP contribution is -2.17. The molecule has 0 aromatic heterocycles. The van der Waals surface area contributed by atoms with Crippen molar-refractivity contribution < 1.29 is 28.6 Å². The summed E-state index contributed by atoms with van der Waals surface area (Å²) in [6.45, 7) is 0.467. The van der Waals surface area contributed by atoms with Gasteiger partial charge in [-0.2, -0.15) is 0 Å². The zero-order chi connectivity index (χ0) is 21.6. The summed E-state index contributed by atoms with van der Waals surface area (Å²) < 4.78 is 16.0. The highest BCUT2D eigenvalue weighted by molar-refractivity contribution is 6.05. The van der Waals surface area contributed by atoms with Gasteiger partial charge in [0.05, 0.1) is 5.56 Å². The molecule has 1 amide bonds. The molecule has 0 saturated heterocycles. The molecule has 1 heterocycles. The number of anilines is 1. The molecule has 31 heavy (non-hydrogen) atoms. The van der Waals surface area contributed by atoms with Crippen LogP contribution >= 0.6 is 0 Å². The molecule has 1 aliphatic rings. The van der Waals surface area contributed by atoms with Crippen molar-refractivity contribution in [3.8, 4) is 11.5 Å². The molecular formula is C24H19NO6. The Balaban J connectivity index is 1.32. The molecule has 3 aromatic rings. The predicted molar refractivity (Wildman–Crippen MR) is 113 cm³/mol. The molecule has 0 spiro atoms. The van der Waals surface area contributed by atoms with Gasteiger partial charge in [0.2, 0.25) is 0 Å². The van der Waals surface area contributed by atoms with E-state index in [9.17, 15) is 14.4 Å². The number of esters is 1. The average molecular weight is 417 g/mol. The Morgan fingerprint density at radius 1 is 0.774 bits per heavy atom. The van der Waals surface area contributed by atoms with Crippen LogP contribution in [0.15, 0.2) is 72.8 Å². The fraction of sp³-hybridized carbons (Fsp3) is 0.125. The Morgan fingerprint density at radius 3 is 2.19 bits per heavy atom. The van der Waals surface area contributed by atoms with Crippen LogP contribution in [0.5, 0.6) is 11.5 Å². The van der Waals surface area contributed by atoms with Crippen molar-refractivity contribution in [3.05, 3.63) is 89.5 Å². The Bertz CT molecular complexity index is 1110. The number of carbonyl (C=O) groups is 3. The molecule has 0 atom stereocenters. The topological polar surface area (TPSA) is 90.9 Å². The molecule has 156 valence electrons. The second-order valence-corrected chi connectivity index (χ2v) is 6.76. The van der Waals surface area contributed by atoms with Crippen molar-refractivity contribution in [2.45, 2.75) is 0 Å². The summed E-state index contributed by atoms with van der Waals surface area (Å²) in [5, 5.41) is 2.76. The van der Waals surface area contributed by atoms with Crippen molar-refractivity contribution in [2.75, 3.05) is 25.1 Å². The van der Waals surface area contributed by atoms with E-state index >= 15 is 0 Å². The minimum atomic E-state index is -0.628. The molecule has 0 aliphatic carbocycles. The highest BCUT2D eigenvalue weighted by Gasteiger charge is 2.17. The van der Waals surface area contributed by atoms with Gasteiger partial charge in [0.1, 0.15) is 13.2 Å².